The molecule has 2 heteroatoms. The van der Waals surface area contributed by atoms with Gasteiger partial charge in [-0.05, 0) is 37.1 Å². The maximum absolute atomic E-state index is 11.4. The Kier molecular flexibility index (Phi) is 5.47. The van der Waals surface area contributed by atoms with Crippen LogP contribution in [-0.2, 0) is 12.8 Å². The lowest BCUT2D eigenvalue weighted by Crippen LogP contribution is -2.48. The minimum Gasteiger partial charge on any atom is -0.388 e. The van der Waals surface area contributed by atoms with E-state index in [4.69, 9.17) is 0 Å². The van der Waals surface area contributed by atoms with Gasteiger partial charge in [-0.2, -0.15) is 0 Å². The molecule has 0 unspecified atom stereocenters. The second kappa shape index (κ2) is 7.76. The van der Waals surface area contributed by atoms with Gasteiger partial charge in [-0.1, -0.05) is 67.1 Å². The van der Waals surface area contributed by atoms with E-state index in [0.29, 0.717) is 12.8 Å². The molecule has 0 aromatic heterocycles. The van der Waals surface area contributed by atoms with Crippen molar-refractivity contribution in [1.29, 1.82) is 0 Å². The molecular weight excluding hydrogens is 282 g/mol. The largest absolute Gasteiger partial charge is 0.388 e. The fourth-order valence-corrected chi connectivity index (χ4v) is 3.66. The number of hydrogen-bond donors (Lipinski definition) is 1. The van der Waals surface area contributed by atoms with Crippen LogP contribution in [0.15, 0.2) is 60.7 Å². The maximum Gasteiger partial charge on any atom is 0.0854 e. The van der Waals surface area contributed by atoms with E-state index >= 15 is 0 Å². The van der Waals surface area contributed by atoms with Gasteiger partial charge in [-0.15, -0.1) is 0 Å². The van der Waals surface area contributed by atoms with Crippen molar-refractivity contribution in [1.82, 2.24) is 4.90 Å². The molecule has 0 bridgehead atoms. The van der Waals surface area contributed by atoms with Crippen LogP contribution in [0.3, 0.4) is 0 Å². The number of aliphatic hydroxyl groups is 1. The van der Waals surface area contributed by atoms with Crippen molar-refractivity contribution in [2.75, 3.05) is 19.6 Å². The summed E-state index contributed by atoms with van der Waals surface area (Å²) in [6, 6.07) is 20.8. The van der Waals surface area contributed by atoms with Crippen LogP contribution >= 0.6 is 0 Å². The highest BCUT2D eigenvalue weighted by Crippen LogP contribution is 2.22. The van der Waals surface area contributed by atoms with E-state index in [1.165, 1.54) is 30.4 Å². The summed E-state index contributed by atoms with van der Waals surface area (Å²) in [4.78, 5) is 2.44. The first-order chi connectivity index (χ1) is 11.2. The van der Waals surface area contributed by atoms with E-state index in [1.54, 1.807) is 0 Å². The van der Waals surface area contributed by atoms with Gasteiger partial charge in [0.05, 0.1) is 5.60 Å². The summed E-state index contributed by atoms with van der Waals surface area (Å²) >= 11 is 0. The van der Waals surface area contributed by atoms with Crippen molar-refractivity contribution in [3.63, 3.8) is 0 Å². The molecule has 122 valence electrons. The van der Waals surface area contributed by atoms with Gasteiger partial charge in [0.2, 0.25) is 0 Å². The quantitative estimate of drug-likeness (QED) is 0.880. The molecule has 3 rings (SSSR count). The lowest BCUT2D eigenvalue weighted by atomic mass is 9.87. The highest BCUT2D eigenvalue weighted by molar-refractivity contribution is 5.22. The van der Waals surface area contributed by atoms with Crippen LogP contribution < -0.4 is 0 Å². The third-order valence-corrected chi connectivity index (χ3v) is 4.72. The Bertz CT molecular complexity index is 534. The van der Waals surface area contributed by atoms with Gasteiger partial charge in [0.25, 0.3) is 0 Å². The molecule has 1 aliphatic rings. The van der Waals surface area contributed by atoms with Crippen LogP contribution in [-0.4, -0.2) is 35.2 Å². The summed E-state index contributed by atoms with van der Waals surface area (Å²) in [6.45, 7) is 2.99. The Morgan fingerprint density at radius 3 is 1.70 bits per heavy atom. The molecule has 0 radical (unpaired) electrons. The number of β-amino-alcohol motifs (C(OH)–C–C–N with tert-alkyl or cyclic N) is 1. The number of likely N-dealkylation sites (tertiary alicyclic amines) is 1. The van der Waals surface area contributed by atoms with E-state index in [9.17, 15) is 5.11 Å². The van der Waals surface area contributed by atoms with E-state index in [1.807, 2.05) is 12.1 Å². The normalized spacial score (nSPS) is 16.4. The van der Waals surface area contributed by atoms with E-state index < -0.39 is 5.60 Å². The third-order valence-electron chi connectivity index (χ3n) is 4.72. The lowest BCUT2D eigenvalue weighted by Gasteiger charge is -2.36. The number of nitrogens with zero attached hydrogens (tertiary/aromatic N) is 1. The van der Waals surface area contributed by atoms with Gasteiger partial charge in [-0.3, -0.25) is 0 Å². The summed E-state index contributed by atoms with van der Waals surface area (Å²) in [7, 11) is 0. The van der Waals surface area contributed by atoms with Gasteiger partial charge in [-0.25, -0.2) is 0 Å². The molecule has 1 saturated heterocycles. The van der Waals surface area contributed by atoms with E-state index in [2.05, 4.69) is 53.4 Å². The van der Waals surface area contributed by atoms with Crippen molar-refractivity contribution >= 4 is 0 Å². The molecule has 0 saturated carbocycles. The second-order valence-electron chi connectivity index (χ2n) is 6.89. The Morgan fingerprint density at radius 1 is 0.739 bits per heavy atom. The van der Waals surface area contributed by atoms with Crippen LogP contribution in [0.25, 0.3) is 0 Å². The molecule has 1 fully saturated rings. The molecule has 0 aliphatic carbocycles. The Hall–Kier alpha value is -1.64. The molecule has 2 aromatic rings. The molecule has 23 heavy (non-hydrogen) atoms. The zero-order valence-corrected chi connectivity index (χ0v) is 13.8. The van der Waals surface area contributed by atoms with Gasteiger partial charge in [0.15, 0.2) is 0 Å². The summed E-state index contributed by atoms with van der Waals surface area (Å²) in [5, 5.41) is 11.4. The molecule has 2 aromatic carbocycles. The zero-order valence-electron chi connectivity index (χ0n) is 13.8. The Morgan fingerprint density at radius 2 is 1.22 bits per heavy atom. The molecule has 1 aliphatic heterocycles. The first-order valence-corrected chi connectivity index (χ1v) is 8.76. The third kappa shape index (κ3) is 4.92. The summed E-state index contributed by atoms with van der Waals surface area (Å²) in [5.41, 5.74) is 1.71. The minimum absolute atomic E-state index is 0.708. The van der Waals surface area contributed by atoms with Crippen molar-refractivity contribution in [3.8, 4) is 0 Å². The molecule has 2 nitrogen and oxygen atoms in total. The second-order valence-corrected chi connectivity index (χ2v) is 6.89. The Balaban J connectivity index is 1.76. The first kappa shape index (κ1) is 16.2. The summed E-state index contributed by atoms with van der Waals surface area (Å²) < 4.78 is 0. The number of benzene rings is 2. The Labute approximate surface area is 139 Å². The predicted octanol–water partition coefficient (Wildman–Crippen LogP) is 3.69. The molecule has 1 heterocycles. The van der Waals surface area contributed by atoms with Crippen LogP contribution in [0.5, 0.6) is 0 Å². The van der Waals surface area contributed by atoms with Gasteiger partial charge >= 0.3 is 0 Å². The highest BCUT2D eigenvalue weighted by Gasteiger charge is 2.30. The van der Waals surface area contributed by atoms with Crippen LogP contribution in [0.1, 0.15) is 30.4 Å². The molecule has 1 N–H and O–H groups in total. The molecule has 0 spiro atoms. The minimum atomic E-state index is -0.708. The summed E-state index contributed by atoms with van der Waals surface area (Å²) in [6.07, 6.45) is 5.25. The first-order valence-electron chi connectivity index (χ1n) is 8.76. The SMILES string of the molecule is OC(Cc1ccccc1)(Cc1ccccc1)CN1CCCCC1. The van der Waals surface area contributed by atoms with E-state index in [0.717, 1.165) is 19.6 Å². The highest BCUT2D eigenvalue weighted by atomic mass is 16.3. The molecule has 0 amide bonds. The average Bonchev–Trinajstić information content (AvgIpc) is 2.57. The topological polar surface area (TPSA) is 23.5 Å². The summed E-state index contributed by atoms with van der Waals surface area (Å²) in [5.74, 6) is 0. The van der Waals surface area contributed by atoms with Crippen LogP contribution in [0, 0.1) is 0 Å². The van der Waals surface area contributed by atoms with Gasteiger partial charge in [0, 0.05) is 19.4 Å². The fraction of sp³-hybridized carbons (Fsp3) is 0.429. The van der Waals surface area contributed by atoms with E-state index in [-0.39, 0.29) is 0 Å². The number of hydrogen-bond acceptors (Lipinski definition) is 2. The molecule has 0 atom stereocenters. The monoisotopic (exact) mass is 309 g/mol. The van der Waals surface area contributed by atoms with Gasteiger partial charge in [0.1, 0.15) is 0 Å². The standard InChI is InChI=1S/C21H27NO/c23-21(16-19-10-4-1-5-11-19,17-20-12-6-2-7-13-20)18-22-14-8-3-9-15-22/h1-2,4-7,10-13,23H,3,8-9,14-18H2. The van der Waals surface area contributed by atoms with Gasteiger partial charge < -0.3 is 10.0 Å². The predicted molar refractivity (Wildman–Crippen MR) is 95.5 cm³/mol. The zero-order chi connectivity index (χ0) is 16.0. The number of piperidine rings is 1. The fourth-order valence-electron chi connectivity index (χ4n) is 3.66. The number of rotatable bonds is 6. The maximum atomic E-state index is 11.4. The van der Waals surface area contributed by atoms with Crippen molar-refractivity contribution in [2.24, 2.45) is 0 Å². The lowest BCUT2D eigenvalue weighted by molar-refractivity contribution is -0.000998. The van der Waals surface area contributed by atoms with Crippen LogP contribution in [0.4, 0.5) is 0 Å². The van der Waals surface area contributed by atoms with Crippen molar-refractivity contribution in [2.45, 2.75) is 37.7 Å². The molecular formula is C21H27NO. The van der Waals surface area contributed by atoms with Crippen molar-refractivity contribution in [3.05, 3.63) is 71.8 Å². The van der Waals surface area contributed by atoms with Crippen LogP contribution in [0.2, 0.25) is 0 Å². The van der Waals surface area contributed by atoms with Crippen molar-refractivity contribution < 1.29 is 5.11 Å². The average molecular weight is 309 g/mol. The smallest absolute Gasteiger partial charge is 0.0854 e.